The number of sulfonamides is 1. The number of benzene rings is 2. The quantitative estimate of drug-likeness (QED) is 0.729. The largest absolute Gasteiger partial charge is 0.495 e. The van der Waals surface area contributed by atoms with Crippen molar-refractivity contribution < 1.29 is 27.5 Å². The standard InChI is InChI=1S/C21H23N3O6S/c1-13-5-7-18(29-2)15(10-13)23-21(26)17-4-3-9-24(17)31(27,28)14-6-8-19-16(11-14)22-20(25)12-30-19/h5-8,10-11,17H,3-4,9,12H2,1-2H3,(H,22,25)(H,23,26)/t17-/m1/s1. The van der Waals surface area contributed by atoms with Crippen molar-refractivity contribution in [2.75, 3.05) is 30.9 Å². The summed E-state index contributed by atoms with van der Waals surface area (Å²) < 4.78 is 38.4. The van der Waals surface area contributed by atoms with Gasteiger partial charge in [-0.1, -0.05) is 6.07 Å². The molecule has 2 aliphatic heterocycles. The van der Waals surface area contributed by atoms with Gasteiger partial charge in [0.25, 0.3) is 5.91 Å². The lowest BCUT2D eigenvalue weighted by Gasteiger charge is -2.25. The van der Waals surface area contributed by atoms with E-state index in [1.165, 1.54) is 29.6 Å². The fourth-order valence-corrected chi connectivity index (χ4v) is 5.47. The van der Waals surface area contributed by atoms with E-state index in [1.54, 1.807) is 12.1 Å². The molecule has 0 aromatic heterocycles. The fraction of sp³-hybridized carbons (Fsp3) is 0.333. The van der Waals surface area contributed by atoms with Gasteiger partial charge in [-0.05, 0) is 55.7 Å². The number of methoxy groups -OCH3 is 1. The zero-order valence-electron chi connectivity index (χ0n) is 17.2. The number of aryl methyl sites for hydroxylation is 1. The minimum Gasteiger partial charge on any atom is -0.495 e. The molecule has 0 unspecified atom stereocenters. The molecule has 4 rings (SSSR count). The number of ether oxygens (including phenoxy) is 2. The molecule has 1 atom stereocenters. The Morgan fingerprint density at radius 3 is 2.84 bits per heavy atom. The van der Waals surface area contributed by atoms with E-state index in [9.17, 15) is 18.0 Å². The molecule has 2 aromatic carbocycles. The number of nitrogens with zero attached hydrogens (tertiary/aromatic N) is 1. The van der Waals surface area contributed by atoms with E-state index in [0.29, 0.717) is 35.7 Å². The van der Waals surface area contributed by atoms with Crippen molar-refractivity contribution >= 4 is 33.2 Å². The number of anilines is 2. The van der Waals surface area contributed by atoms with Crippen molar-refractivity contribution in [1.82, 2.24) is 4.31 Å². The summed E-state index contributed by atoms with van der Waals surface area (Å²) >= 11 is 0. The van der Waals surface area contributed by atoms with Crippen molar-refractivity contribution in [3.8, 4) is 11.5 Å². The Morgan fingerprint density at radius 1 is 1.26 bits per heavy atom. The highest BCUT2D eigenvalue weighted by Gasteiger charge is 2.40. The van der Waals surface area contributed by atoms with Gasteiger partial charge in [0.1, 0.15) is 17.5 Å². The number of fused-ring (bicyclic) bond motifs is 1. The first kappa shape index (κ1) is 21.1. The highest BCUT2D eigenvalue weighted by molar-refractivity contribution is 7.89. The second kappa shape index (κ2) is 8.20. The number of nitrogens with one attached hydrogen (secondary N) is 2. The van der Waals surface area contributed by atoms with Crippen LogP contribution >= 0.6 is 0 Å². The lowest BCUT2D eigenvalue weighted by molar-refractivity contribution is -0.119. The van der Waals surface area contributed by atoms with E-state index in [1.807, 2.05) is 13.0 Å². The second-order valence-electron chi connectivity index (χ2n) is 7.46. The molecule has 0 spiro atoms. The summed E-state index contributed by atoms with van der Waals surface area (Å²) in [6, 6.07) is 8.82. The molecule has 10 heteroatoms. The third-order valence-corrected chi connectivity index (χ3v) is 7.21. The molecule has 2 heterocycles. The summed E-state index contributed by atoms with van der Waals surface area (Å²) in [5.74, 6) is 0.129. The maximum Gasteiger partial charge on any atom is 0.262 e. The Kier molecular flexibility index (Phi) is 5.59. The third kappa shape index (κ3) is 4.08. The van der Waals surface area contributed by atoms with E-state index >= 15 is 0 Å². The van der Waals surface area contributed by atoms with E-state index < -0.39 is 22.0 Å². The molecule has 2 aromatic rings. The van der Waals surface area contributed by atoms with E-state index in [0.717, 1.165) is 5.56 Å². The Bertz CT molecular complexity index is 1150. The molecule has 1 fully saturated rings. The van der Waals surface area contributed by atoms with Crippen molar-refractivity contribution in [3.05, 3.63) is 42.0 Å². The lowest BCUT2D eigenvalue weighted by atomic mass is 10.1. The van der Waals surface area contributed by atoms with Crippen LogP contribution in [-0.2, 0) is 19.6 Å². The topological polar surface area (TPSA) is 114 Å². The van der Waals surface area contributed by atoms with Crippen LogP contribution in [0, 0.1) is 6.92 Å². The van der Waals surface area contributed by atoms with Gasteiger partial charge in [0.2, 0.25) is 15.9 Å². The normalized spacial score (nSPS) is 18.6. The van der Waals surface area contributed by atoms with Gasteiger partial charge in [-0.25, -0.2) is 8.42 Å². The summed E-state index contributed by atoms with van der Waals surface area (Å²) in [6.45, 7) is 2.00. The molecular weight excluding hydrogens is 422 g/mol. The molecule has 0 aliphatic carbocycles. The van der Waals surface area contributed by atoms with Gasteiger partial charge in [-0.2, -0.15) is 4.31 Å². The predicted octanol–water partition coefficient (Wildman–Crippen LogP) is 2.13. The SMILES string of the molecule is COc1ccc(C)cc1NC(=O)[C@H]1CCCN1S(=O)(=O)c1ccc2c(c1)NC(=O)CO2. The minimum absolute atomic E-state index is 0.00936. The smallest absolute Gasteiger partial charge is 0.262 e. The van der Waals surface area contributed by atoms with Gasteiger partial charge in [-0.15, -0.1) is 0 Å². The zero-order valence-corrected chi connectivity index (χ0v) is 18.0. The number of carbonyl (C=O) groups excluding carboxylic acids is 2. The second-order valence-corrected chi connectivity index (χ2v) is 9.35. The summed E-state index contributed by atoms with van der Waals surface area (Å²) in [6.07, 6.45) is 0.969. The molecule has 0 bridgehead atoms. The van der Waals surface area contributed by atoms with Gasteiger partial charge in [0.15, 0.2) is 6.61 Å². The van der Waals surface area contributed by atoms with Gasteiger partial charge >= 0.3 is 0 Å². The van der Waals surface area contributed by atoms with Gasteiger partial charge in [-0.3, -0.25) is 9.59 Å². The molecule has 0 radical (unpaired) electrons. The van der Waals surface area contributed by atoms with Gasteiger partial charge in [0, 0.05) is 6.54 Å². The molecular formula is C21H23N3O6S. The first-order chi connectivity index (χ1) is 14.8. The van der Waals surface area contributed by atoms with Crippen LogP contribution in [0.2, 0.25) is 0 Å². The average molecular weight is 445 g/mol. The molecule has 31 heavy (non-hydrogen) atoms. The lowest BCUT2D eigenvalue weighted by Crippen LogP contribution is -2.43. The van der Waals surface area contributed by atoms with Crippen LogP contribution in [0.5, 0.6) is 11.5 Å². The molecule has 9 nitrogen and oxygen atoms in total. The van der Waals surface area contributed by atoms with Crippen LogP contribution < -0.4 is 20.1 Å². The highest BCUT2D eigenvalue weighted by Crippen LogP contribution is 2.34. The van der Waals surface area contributed by atoms with Crippen molar-refractivity contribution in [2.24, 2.45) is 0 Å². The monoisotopic (exact) mass is 445 g/mol. The van der Waals surface area contributed by atoms with Crippen LogP contribution in [0.3, 0.4) is 0 Å². The number of rotatable bonds is 5. The van der Waals surface area contributed by atoms with Crippen LogP contribution in [0.4, 0.5) is 11.4 Å². The molecule has 2 amide bonds. The van der Waals surface area contributed by atoms with Gasteiger partial charge < -0.3 is 20.1 Å². The van der Waals surface area contributed by atoms with Crippen molar-refractivity contribution in [1.29, 1.82) is 0 Å². The molecule has 2 aliphatic rings. The number of hydrogen-bond donors (Lipinski definition) is 2. The van der Waals surface area contributed by atoms with Crippen LogP contribution in [-0.4, -0.2) is 50.8 Å². The molecule has 1 saturated heterocycles. The molecule has 0 saturated carbocycles. The first-order valence-corrected chi connectivity index (χ1v) is 11.3. The number of amides is 2. The van der Waals surface area contributed by atoms with Crippen LogP contribution in [0.1, 0.15) is 18.4 Å². The Hall–Kier alpha value is -3.11. The summed E-state index contributed by atoms with van der Waals surface area (Å²) in [5, 5.41) is 5.41. The number of carbonyl (C=O) groups is 2. The Labute approximate surface area is 180 Å². The summed E-state index contributed by atoms with van der Waals surface area (Å²) in [5.41, 5.74) is 1.72. The fourth-order valence-electron chi connectivity index (χ4n) is 3.78. The summed E-state index contributed by atoms with van der Waals surface area (Å²) in [7, 11) is -2.46. The van der Waals surface area contributed by atoms with Crippen LogP contribution in [0.15, 0.2) is 41.3 Å². The predicted molar refractivity (Wildman–Crippen MR) is 114 cm³/mol. The minimum atomic E-state index is -3.97. The summed E-state index contributed by atoms with van der Waals surface area (Å²) in [4.78, 5) is 24.6. The van der Waals surface area contributed by atoms with Crippen molar-refractivity contribution in [3.63, 3.8) is 0 Å². The molecule has 164 valence electrons. The van der Waals surface area contributed by atoms with E-state index in [2.05, 4.69) is 10.6 Å². The van der Waals surface area contributed by atoms with E-state index in [-0.39, 0.29) is 24.0 Å². The van der Waals surface area contributed by atoms with Crippen molar-refractivity contribution in [2.45, 2.75) is 30.7 Å². The van der Waals surface area contributed by atoms with Gasteiger partial charge in [0.05, 0.1) is 23.4 Å². The average Bonchev–Trinajstić information content (AvgIpc) is 3.24. The highest BCUT2D eigenvalue weighted by atomic mass is 32.2. The Morgan fingerprint density at radius 2 is 2.06 bits per heavy atom. The Balaban J connectivity index is 1.59. The maximum absolute atomic E-state index is 13.3. The zero-order chi connectivity index (χ0) is 22.2. The maximum atomic E-state index is 13.3. The number of hydrogen-bond acceptors (Lipinski definition) is 6. The third-order valence-electron chi connectivity index (χ3n) is 5.31. The molecule has 2 N–H and O–H groups in total. The first-order valence-electron chi connectivity index (χ1n) is 9.83. The van der Waals surface area contributed by atoms with Crippen LogP contribution in [0.25, 0.3) is 0 Å². The van der Waals surface area contributed by atoms with E-state index in [4.69, 9.17) is 9.47 Å².